The van der Waals surface area contributed by atoms with E-state index in [9.17, 15) is 9.90 Å². The quantitative estimate of drug-likeness (QED) is 0.551. The minimum absolute atomic E-state index is 0.266. The number of carbonyl (C=O) groups is 1. The van der Waals surface area contributed by atoms with Gasteiger partial charge in [0.15, 0.2) is 10.8 Å². The molecule has 5 heteroatoms. The van der Waals surface area contributed by atoms with E-state index in [1.807, 2.05) is 0 Å². The second-order valence-electron chi connectivity index (χ2n) is 2.99. The highest BCUT2D eigenvalue weighted by atomic mass is 35.5. The van der Waals surface area contributed by atoms with E-state index < -0.39 is 11.7 Å². The van der Waals surface area contributed by atoms with Gasteiger partial charge in [-0.25, -0.2) is 4.79 Å². The Labute approximate surface area is 87.7 Å². The molecule has 0 fully saturated rings. The van der Waals surface area contributed by atoms with E-state index in [1.165, 1.54) is 0 Å². The summed E-state index contributed by atoms with van der Waals surface area (Å²) in [5.41, 5.74) is 3.16. The summed E-state index contributed by atoms with van der Waals surface area (Å²) in [5.74, 6) is 1.88. The van der Waals surface area contributed by atoms with E-state index in [2.05, 4.69) is 10.7 Å². The number of ether oxygens (including phenoxy) is 1. The molecule has 0 saturated carbocycles. The standard InChI is InChI=1S/C9H12ClNO3/c1-4-9(13,6(2)3)5-7(10)14-8(11)12/h1,5-6,13H,2-3H3,(H2,11,12)/b7-5+. The molecule has 1 amide bonds. The minimum Gasteiger partial charge on any atom is -0.398 e. The topological polar surface area (TPSA) is 72.6 Å². The summed E-state index contributed by atoms with van der Waals surface area (Å²) in [6.45, 7) is 3.40. The fourth-order valence-electron chi connectivity index (χ4n) is 0.674. The lowest BCUT2D eigenvalue weighted by molar-refractivity contribution is 0.0986. The molecular formula is C9H12ClNO3. The van der Waals surface area contributed by atoms with Crippen LogP contribution in [0.4, 0.5) is 4.79 Å². The Kier molecular flexibility index (Phi) is 4.48. The van der Waals surface area contributed by atoms with E-state index in [0.29, 0.717) is 0 Å². The highest BCUT2D eigenvalue weighted by Gasteiger charge is 2.27. The van der Waals surface area contributed by atoms with Gasteiger partial charge in [0.25, 0.3) is 0 Å². The smallest absolute Gasteiger partial charge is 0.398 e. The van der Waals surface area contributed by atoms with Gasteiger partial charge in [-0.3, -0.25) is 0 Å². The molecule has 0 aromatic carbocycles. The predicted octanol–water partition coefficient (Wildman–Crippen LogP) is 1.18. The summed E-state index contributed by atoms with van der Waals surface area (Å²) in [5, 5.41) is 9.41. The molecule has 1 atom stereocenters. The number of halogens is 1. The molecule has 0 aromatic heterocycles. The zero-order valence-corrected chi connectivity index (χ0v) is 8.71. The molecule has 4 nitrogen and oxygen atoms in total. The molecule has 0 spiro atoms. The highest BCUT2D eigenvalue weighted by Crippen LogP contribution is 2.21. The van der Waals surface area contributed by atoms with Crippen molar-refractivity contribution in [2.45, 2.75) is 19.4 Å². The van der Waals surface area contributed by atoms with E-state index in [4.69, 9.17) is 23.8 Å². The Bertz CT molecular complexity index is 293. The zero-order valence-electron chi connectivity index (χ0n) is 7.95. The SMILES string of the molecule is C#CC(O)(/C=C(\Cl)OC(N)=O)C(C)C. The Morgan fingerprint density at radius 3 is 2.57 bits per heavy atom. The molecule has 14 heavy (non-hydrogen) atoms. The van der Waals surface area contributed by atoms with Crippen LogP contribution in [0.5, 0.6) is 0 Å². The lowest BCUT2D eigenvalue weighted by atomic mass is 9.91. The van der Waals surface area contributed by atoms with Gasteiger partial charge in [-0.15, -0.1) is 6.42 Å². The van der Waals surface area contributed by atoms with Crippen LogP contribution in [0.1, 0.15) is 13.8 Å². The highest BCUT2D eigenvalue weighted by molar-refractivity contribution is 6.29. The maximum absolute atomic E-state index is 10.3. The van der Waals surface area contributed by atoms with Crippen LogP contribution in [0.3, 0.4) is 0 Å². The molecule has 1 unspecified atom stereocenters. The van der Waals surface area contributed by atoms with Crippen LogP contribution in [-0.4, -0.2) is 16.8 Å². The van der Waals surface area contributed by atoms with Crippen molar-refractivity contribution in [1.82, 2.24) is 0 Å². The second-order valence-corrected chi connectivity index (χ2v) is 3.37. The van der Waals surface area contributed by atoms with Gasteiger partial charge in [0.05, 0.1) is 0 Å². The van der Waals surface area contributed by atoms with E-state index in [1.54, 1.807) is 13.8 Å². The zero-order chi connectivity index (χ0) is 11.4. The summed E-state index contributed by atoms with van der Waals surface area (Å²) in [6.07, 6.45) is 5.11. The van der Waals surface area contributed by atoms with Crippen molar-refractivity contribution >= 4 is 17.7 Å². The van der Waals surface area contributed by atoms with Crippen LogP contribution in [0.15, 0.2) is 11.3 Å². The molecule has 0 bridgehead atoms. The van der Waals surface area contributed by atoms with Crippen molar-refractivity contribution in [1.29, 1.82) is 0 Å². The lowest BCUT2D eigenvalue weighted by Crippen LogP contribution is -2.31. The number of terminal acetylenes is 1. The Morgan fingerprint density at radius 1 is 1.79 bits per heavy atom. The Hall–Kier alpha value is -1.18. The van der Waals surface area contributed by atoms with Gasteiger partial charge in [-0.05, 0) is 17.5 Å². The average Bonchev–Trinajstić information content (AvgIpc) is 2.01. The van der Waals surface area contributed by atoms with Crippen molar-refractivity contribution in [3.8, 4) is 12.3 Å². The number of hydrogen-bond donors (Lipinski definition) is 2. The molecular weight excluding hydrogens is 206 g/mol. The number of primary amides is 1. The summed E-state index contributed by atoms with van der Waals surface area (Å²) in [6, 6.07) is 0. The number of aliphatic hydroxyl groups is 1. The van der Waals surface area contributed by atoms with Crippen LogP contribution >= 0.6 is 11.6 Å². The van der Waals surface area contributed by atoms with Gasteiger partial charge in [-0.2, -0.15) is 0 Å². The molecule has 78 valence electrons. The third kappa shape index (κ3) is 3.69. The summed E-state index contributed by atoms with van der Waals surface area (Å²) in [7, 11) is 0. The normalized spacial score (nSPS) is 15.9. The first-order valence-corrected chi connectivity index (χ1v) is 4.25. The lowest BCUT2D eigenvalue weighted by Gasteiger charge is -2.22. The van der Waals surface area contributed by atoms with Crippen molar-refractivity contribution in [2.75, 3.05) is 0 Å². The Morgan fingerprint density at radius 2 is 2.29 bits per heavy atom. The van der Waals surface area contributed by atoms with Gasteiger partial charge >= 0.3 is 6.09 Å². The Balaban J connectivity index is 4.76. The number of carbonyl (C=O) groups excluding carboxylic acids is 1. The maximum Gasteiger partial charge on any atom is 0.410 e. The summed E-state index contributed by atoms with van der Waals surface area (Å²) >= 11 is 5.47. The van der Waals surface area contributed by atoms with E-state index in [-0.39, 0.29) is 11.1 Å². The van der Waals surface area contributed by atoms with Gasteiger partial charge in [0.2, 0.25) is 0 Å². The molecule has 0 saturated heterocycles. The molecule has 0 aliphatic carbocycles. The molecule has 0 aliphatic heterocycles. The van der Waals surface area contributed by atoms with Crippen molar-refractivity contribution in [3.63, 3.8) is 0 Å². The number of hydrogen-bond acceptors (Lipinski definition) is 3. The first-order valence-electron chi connectivity index (χ1n) is 3.87. The largest absolute Gasteiger partial charge is 0.410 e. The molecule has 3 N–H and O–H groups in total. The van der Waals surface area contributed by atoms with Crippen LogP contribution in [0.25, 0.3) is 0 Å². The van der Waals surface area contributed by atoms with Crippen molar-refractivity contribution in [3.05, 3.63) is 11.3 Å². The van der Waals surface area contributed by atoms with Crippen molar-refractivity contribution in [2.24, 2.45) is 11.7 Å². The van der Waals surface area contributed by atoms with Gasteiger partial charge < -0.3 is 15.6 Å². The first-order chi connectivity index (χ1) is 6.31. The fourth-order valence-corrected chi connectivity index (χ4v) is 0.916. The van der Waals surface area contributed by atoms with Gasteiger partial charge in [0, 0.05) is 6.08 Å². The summed E-state index contributed by atoms with van der Waals surface area (Å²) in [4.78, 5) is 10.3. The third-order valence-electron chi connectivity index (χ3n) is 1.64. The van der Waals surface area contributed by atoms with E-state index >= 15 is 0 Å². The van der Waals surface area contributed by atoms with Gasteiger partial charge in [0.1, 0.15) is 0 Å². The molecule has 0 heterocycles. The van der Waals surface area contributed by atoms with Crippen molar-refractivity contribution < 1.29 is 14.6 Å². The minimum atomic E-state index is -1.55. The number of nitrogens with two attached hydrogens (primary N) is 1. The van der Waals surface area contributed by atoms with Crippen LogP contribution < -0.4 is 5.73 Å². The second kappa shape index (κ2) is 4.89. The third-order valence-corrected chi connectivity index (χ3v) is 1.83. The maximum atomic E-state index is 10.3. The molecule has 0 aromatic rings. The monoisotopic (exact) mass is 217 g/mol. The molecule has 0 radical (unpaired) electrons. The molecule has 0 rings (SSSR count). The average molecular weight is 218 g/mol. The van der Waals surface area contributed by atoms with Crippen LogP contribution in [0.2, 0.25) is 0 Å². The number of rotatable bonds is 3. The first kappa shape index (κ1) is 12.8. The molecule has 0 aliphatic rings. The summed E-state index contributed by atoms with van der Waals surface area (Å²) < 4.78 is 4.31. The van der Waals surface area contributed by atoms with Crippen LogP contribution in [0, 0.1) is 18.3 Å². The predicted molar refractivity (Wildman–Crippen MR) is 53.2 cm³/mol. The van der Waals surface area contributed by atoms with Gasteiger partial charge in [-0.1, -0.05) is 19.8 Å². The number of amides is 1. The van der Waals surface area contributed by atoms with Crippen LogP contribution in [-0.2, 0) is 4.74 Å². The van der Waals surface area contributed by atoms with E-state index in [0.717, 1.165) is 6.08 Å². The fraction of sp³-hybridized carbons (Fsp3) is 0.444.